The highest BCUT2D eigenvalue weighted by Crippen LogP contribution is 2.36. The fraction of sp³-hybridized carbons (Fsp3) is 0.231. The zero-order chi connectivity index (χ0) is 17.4. The quantitative estimate of drug-likeness (QED) is 0.809. The molecule has 2 rings (SSSR count). The van der Waals surface area contributed by atoms with Crippen LogP contribution in [0.3, 0.4) is 0 Å². The topological polar surface area (TPSA) is 124 Å². The number of hydrogen-bond acceptors (Lipinski definition) is 7. The van der Waals surface area contributed by atoms with E-state index in [-0.39, 0.29) is 18.9 Å². The first kappa shape index (κ1) is 17.9. The highest BCUT2D eigenvalue weighted by molar-refractivity contribution is 7.95. The van der Waals surface area contributed by atoms with Crippen molar-refractivity contribution >= 4 is 31.2 Å². The lowest BCUT2D eigenvalue weighted by molar-refractivity contribution is 0.197. The minimum Gasteiger partial charge on any atom is -0.497 e. The predicted octanol–water partition coefficient (Wildman–Crippen LogP) is 1.29. The summed E-state index contributed by atoms with van der Waals surface area (Å²) in [5.74, 6) is 0.491. The molecule has 0 aliphatic rings. The summed E-state index contributed by atoms with van der Waals surface area (Å²) in [7, 11) is -6.61. The van der Waals surface area contributed by atoms with Crippen molar-refractivity contribution in [2.45, 2.75) is 26.3 Å². The van der Waals surface area contributed by atoms with Crippen LogP contribution in [-0.2, 0) is 19.9 Å². The molecule has 126 valence electrons. The largest absolute Gasteiger partial charge is 0.497 e. The van der Waals surface area contributed by atoms with E-state index in [1.165, 1.54) is 38.3 Å². The van der Waals surface area contributed by atoms with Crippen LogP contribution < -0.4 is 9.88 Å². The summed E-state index contributed by atoms with van der Waals surface area (Å²) in [6.45, 7) is 1.33. The number of rotatable bonds is 5. The SMILES string of the molecule is COc1ccc(S(=O)(=O)c2cc(C(C)O)c(S(N)(=O)=O)s2)cc1. The molecule has 0 amide bonds. The van der Waals surface area contributed by atoms with Crippen molar-refractivity contribution in [2.24, 2.45) is 5.14 Å². The van der Waals surface area contributed by atoms with Crippen molar-refractivity contribution in [1.29, 1.82) is 0 Å². The number of hydrogen-bond donors (Lipinski definition) is 2. The Labute approximate surface area is 138 Å². The highest BCUT2D eigenvalue weighted by atomic mass is 32.3. The summed E-state index contributed by atoms with van der Waals surface area (Å²) in [6.07, 6.45) is -1.17. The lowest BCUT2D eigenvalue weighted by Gasteiger charge is -2.03. The molecule has 7 nitrogen and oxygen atoms in total. The zero-order valence-electron chi connectivity index (χ0n) is 12.3. The van der Waals surface area contributed by atoms with Crippen LogP contribution in [0.15, 0.2) is 43.6 Å². The van der Waals surface area contributed by atoms with Gasteiger partial charge in [-0.3, -0.25) is 0 Å². The molecule has 1 atom stereocenters. The lowest BCUT2D eigenvalue weighted by Crippen LogP contribution is -2.13. The summed E-state index contributed by atoms with van der Waals surface area (Å²) < 4.78 is 52.8. The number of primary sulfonamides is 1. The van der Waals surface area contributed by atoms with E-state index in [9.17, 15) is 21.9 Å². The number of ether oxygens (including phenoxy) is 1. The van der Waals surface area contributed by atoms with Crippen molar-refractivity contribution < 1.29 is 26.7 Å². The van der Waals surface area contributed by atoms with E-state index in [1.54, 1.807) is 0 Å². The van der Waals surface area contributed by atoms with Crippen molar-refractivity contribution in [3.63, 3.8) is 0 Å². The Kier molecular flexibility index (Phi) is 4.83. The predicted molar refractivity (Wildman–Crippen MR) is 84.8 cm³/mol. The second-order valence-corrected chi connectivity index (χ2v) is 9.69. The molecule has 0 radical (unpaired) electrons. The van der Waals surface area contributed by atoms with E-state index >= 15 is 0 Å². The molecule has 1 aromatic carbocycles. The smallest absolute Gasteiger partial charge is 0.247 e. The third-order valence-electron chi connectivity index (χ3n) is 3.05. The highest BCUT2D eigenvalue weighted by Gasteiger charge is 2.28. The van der Waals surface area contributed by atoms with Crippen molar-refractivity contribution in [2.75, 3.05) is 7.11 Å². The average molecular weight is 377 g/mol. The maximum Gasteiger partial charge on any atom is 0.247 e. The third-order valence-corrected chi connectivity index (χ3v) is 7.93. The van der Waals surface area contributed by atoms with Crippen LogP contribution in [0.2, 0.25) is 0 Å². The Balaban J connectivity index is 2.60. The van der Waals surface area contributed by atoms with Gasteiger partial charge in [0.25, 0.3) is 0 Å². The standard InChI is InChI=1S/C13H15NO6S3/c1-8(15)11-7-12(21-13(11)23(14,18)19)22(16,17)10-5-3-9(20-2)4-6-10/h3-8,15H,1-2H3,(H2,14,18,19). The first-order valence-electron chi connectivity index (χ1n) is 6.31. The van der Waals surface area contributed by atoms with Gasteiger partial charge in [-0.15, -0.1) is 11.3 Å². The Morgan fingerprint density at radius 3 is 2.13 bits per heavy atom. The molecule has 0 aliphatic carbocycles. The van der Waals surface area contributed by atoms with Crippen molar-refractivity contribution in [3.05, 3.63) is 35.9 Å². The third kappa shape index (κ3) is 3.56. The van der Waals surface area contributed by atoms with Crippen molar-refractivity contribution in [1.82, 2.24) is 0 Å². The molecule has 1 aromatic heterocycles. The van der Waals surface area contributed by atoms with Crippen LogP contribution in [0.25, 0.3) is 0 Å². The molecule has 0 saturated carbocycles. The van der Waals surface area contributed by atoms with E-state index < -0.39 is 26.0 Å². The van der Waals surface area contributed by atoms with E-state index in [2.05, 4.69) is 0 Å². The fourth-order valence-corrected chi connectivity index (χ4v) is 6.04. The number of methoxy groups -OCH3 is 1. The molecule has 0 fully saturated rings. The first-order valence-corrected chi connectivity index (χ1v) is 10.2. The second-order valence-electron chi connectivity index (χ2n) is 4.71. The number of aliphatic hydroxyl groups is 1. The second kappa shape index (κ2) is 6.21. The molecule has 1 heterocycles. The van der Waals surface area contributed by atoms with Gasteiger partial charge in [-0.25, -0.2) is 22.0 Å². The van der Waals surface area contributed by atoms with E-state index in [1.807, 2.05) is 0 Å². The van der Waals surface area contributed by atoms with Crippen LogP contribution >= 0.6 is 11.3 Å². The molecule has 1 unspecified atom stereocenters. The number of benzene rings is 1. The normalized spacial score (nSPS) is 13.7. The van der Waals surface area contributed by atoms with Gasteiger partial charge in [-0.1, -0.05) is 0 Å². The van der Waals surface area contributed by atoms with Crippen LogP contribution in [0.4, 0.5) is 0 Å². The maximum atomic E-state index is 12.6. The molecule has 0 spiro atoms. The molecule has 0 bridgehead atoms. The molecule has 10 heteroatoms. The summed E-state index contributed by atoms with van der Waals surface area (Å²) in [6, 6.07) is 6.81. The van der Waals surface area contributed by atoms with E-state index in [0.29, 0.717) is 17.1 Å². The Morgan fingerprint density at radius 1 is 1.17 bits per heavy atom. The molecule has 2 aromatic rings. The number of sulfone groups is 1. The number of aliphatic hydroxyl groups excluding tert-OH is 1. The molecule has 0 aliphatic heterocycles. The summed E-state index contributed by atoms with van der Waals surface area (Å²) in [5, 5.41) is 14.7. The average Bonchev–Trinajstić information content (AvgIpc) is 2.93. The minimum atomic E-state index is -4.14. The minimum absolute atomic E-state index is 0.0161. The Hall–Kier alpha value is -1.46. The van der Waals surface area contributed by atoms with E-state index in [0.717, 1.165) is 6.07 Å². The van der Waals surface area contributed by atoms with Gasteiger partial charge in [0.15, 0.2) is 0 Å². The Bertz CT molecular complexity index is 911. The van der Waals surface area contributed by atoms with Gasteiger partial charge in [0, 0.05) is 5.56 Å². The van der Waals surface area contributed by atoms with Crippen LogP contribution in [0.5, 0.6) is 5.75 Å². The summed E-state index contributed by atoms with van der Waals surface area (Å²) >= 11 is 0.514. The summed E-state index contributed by atoms with van der Waals surface area (Å²) in [4.78, 5) is -0.0161. The van der Waals surface area contributed by atoms with Crippen LogP contribution in [0.1, 0.15) is 18.6 Å². The van der Waals surface area contributed by atoms with Crippen LogP contribution in [-0.4, -0.2) is 29.1 Å². The van der Waals surface area contributed by atoms with Gasteiger partial charge in [-0.2, -0.15) is 0 Å². The van der Waals surface area contributed by atoms with Crippen molar-refractivity contribution in [3.8, 4) is 5.75 Å². The van der Waals surface area contributed by atoms with Crippen LogP contribution in [0, 0.1) is 0 Å². The number of nitrogens with two attached hydrogens (primary N) is 1. The Morgan fingerprint density at radius 2 is 1.74 bits per heavy atom. The fourth-order valence-electron chi connectivity index (χ4n) is 1.88. The lowest BCUT2D eigenvalue weighted by atomic mass is 10.2. The van der Waals surface area contributed by atoms with E-state index in [4.69, 9.17) is 9.88 Å². The zero-order valence-corrected chi connectivity index (χ0v) is 14.7. The van der Waals surface area contributed by atoms with Gasteiger partial charge in [0.05, 0.1) is 18.1 Å². The summed E-state index contributed by atoms with van der Waals surface area (Å²) in [5.41, 5.74) is -0.0374. The molecular weight excluding hydrogens is 362 g/mol. The molecular formula is C13H15NO6S3. The van der Waals surface area contributed by atoms with Gasteiger partial charge in [0.1, 0.15) is 14.2 Å². The molecule has 3 N–H and O–H groups in total. The van der Waals surface area contributed by atoms with Gasteiger partial charge < -0.3 is 9.84 Å². The molecule has 0 saturated heterocycles. The first-order chi connectivity index (χ1) is 10.6. The molecule has 23 heavy (non-hydrogen) atoms. The maximum absolute atomic E-state index is 12.6. The van der Waals surface area contributed by atoms with Gasteiger partial charge in [0.2, 0.25) is 19.9 Å². The number of sulfonamides is 1. The van der Waals surface area contributed by atoms with Gasteiger partial charge >= 0.3 is 0 Å². The number of thiophene rings is 1. The van der Waals surface area contributed by atoms with Gasteiger partial charge in [-0.05, 0) is 37.3 Å². The monoisotopic (exact) mass is 377 g/mol.